The average Bonchev–Trinajstić information content (AvgIpc) is 2.89. The number of halogens is 1. The van der Waals surface area contributed by atoms with Crippen LogP contribution in [0, 0.1) is 24.6 Å². The minimum absolute atomic E-state index is 0.147. The van der Waals surface area contributed by atoms with E-state index in [-0.39, 0.29) is 5.82 Å². The lowest BCUT2D eigenvalue weighted by atomic mass is 10.0. The van der Waals surface area contributed by atoms with Crippen LogP contribution in [0.4, 0.5) is 4.39 Å². The molecule has 0 unspecified atom stereocenters. The monoisotopic (exact) mass is 462 g/mol. The number of rotatable bonds is 9. The predicted octanol–water partition coefficient (Wildman–Crippen LogP) is 8.99. The summed E-state index contributed by atoms with van der Waals surface area (Å²) in [6.45, 7) is 4.05. The quantitative estimate of drug-likeness (QED) is 0.172. The maximum Gasteiger partial charge on any atom is 0.133 e. The van der Waals surface area contributed by atoms with Gasteiger partial charge in [-0.15, -0.1) is 0 Å². The minimum atomic E-state index is -0.147. The summed E-state index contributed by atoms with van der Waals surface area (Å²) in [6, 6.07) is 27.2. The fraction of sp³-hybridized carbons (Fsp3) is 0.294. The van der Waals surface area contributed by atoms with Gasteiger partial charge in [0.05, 0.1) is 0 Å². The van der Waals surface area contributed by atoms with Crippen molar-refractivity contribution in [1.82, 2.24) is 0 Å². The molecule has 178 valence electrons. The first-order chi connectivity index (χ1) is 17.1. The molecule has 0 fully saturated rings. The molecule has 1 heteroatoms. The zero-order valence-electron chi connectivity index (χ0n) is 21.0. The highest BCUT2D eigenvalue weighted by atomic mass is 19.1. The van der Waals surface area contributed by atoms with Crippen molar-refractivity contribution < 1.29 is 4.39 Å². The number of unbranched alkanes of at least 4 members (excludes halogenated alkanes) is 4. The van der Waals surface area contributed by atoms with E-state index >= 15 is 0 Å². The van der Waals surface area contributed by atoms with E-state index in [2.05, 4.69) is 67.3 Å². The van der Waals surface area contributed by atoms with Crippen molar-refractivity contribution in [1.29, 1.82) is 0 Å². The van der Waals surface area contributed by atoms with Crippen molar-refractivity contribution in [2.24, 2.45) is 0 Å². The third-order valence-corrected chi connectivity index (χ3v) is 6.75. The Kier molecular flexibility index (Phi) is 8.74. The Labute approximate surface area is 210 Å². The first-order valence-corrected chi connectivity index (χ1v) is 13.0. The molecule has 0 N–H and O–H groups in total. The zero-order valence-corrected chi connectivity index (χ0v) is 21.0. The number of aryl methyl sites for hydroxylation is 4. The third kappa shape index (κ3) is 7.06. The Morgan fingerprint density at radius 2 is 1.17 bits per heavy atom. The van der Waals surface area contributed by atoms with Crippen LogP contribution >= 0.6 is 0 Å². The molecule has 0 spiro atoms. The molecule has 0 radical (unpaired) electrons. The fourth-order valence-electron chi connectivity index (χ4n) is 4.47. The number of fused-ring (bicyclic) bond motifs is 1. The van der Waals surface area contributed by atoms with E-state index in [1.54, 1.807) is 6.92 Å². The summed E-state index contributed by atoms with van der Waals surface area (Å²) in [5, 5.41) is 1.53. The van der Waals surface area contributed by atoms with Gasteiger partial charge in [-0.2, -0.15) is 0 Å². The Balaban J connectivity index is 1.29. The molecule has 0 amide bonds. The summed E-state index contributed by atoms with van der Waals surface area (Å²) in [6.07, 6.45) is 9.95. The number of benzene rings is 4. The van der Waals surface area contributed by atoms with E-state index in [1.165, 1.54) is 55.2 Å². The van der Waals surface area contributed by atoms with Crippen LogP contribution in [0.25, 0.3) is 10.8 Å². The van der Waals surface area contributed by atoms with Crippen LogP contribution in [0.2, 0.25) is 0 Å². The highest BCUT2D eigenvalue weighted by Crippen LogP contribution is 2.22. The normalized spacial score (nSPS) is 10.8. The van der Waals surface area contributed by atoms with Crippen molar-refractivity contribution in [2.75, 3.05) is 0 Å². The van der Waals surface area contributed by atoms with Gasteiger partial charge in [0.1, 0.15) is 5.82 Å². The number of hydrogen-bond acceptors (Lipinski definition) is 0. The van der Waals surface area contributed by atoms with E-state index < -0.39 is 0 Å². The standard InChI is InChI=1S/C34H35F/c1-3-4-5-6-7-8-27-10-12-28(13-11-27)14-15-29-16-18-30(19-17-29)20-21-31-22-24-33-32(25-31)23-9-26(2)34(33)35/h9-13,16-19,22-25H,3-8,14-15H2,1-2H3. The first-order valence-electron chi connectivity index (χ1n) is 13.0. The first kappa shape index (κ1) is 24.7. The molecule has 4 aromatic rings. The summed E-state index contributed by atoms with van der Waals surface area (Å²) in [5.74, 6) is 6.32. The van der Waals surface area contributed by atoms with Gasteiger partial charge in [-0.05, 0) is 84.5 Å². The summed E-state index contributed by atoms with van der Waals surface area (Å²) in [7, 11) is 0. The molecule has 0 aromatic heterocycles. The van der Waals surface area contributed by atoms with Crippen LogP contribution in [0.3, 0.4) is 0 Å². The van der Waals surface area contributed by atoms with Gasteiger partial charge in [-0.25, -0.2) is 4.39 Å². The Hall–Kier alpha value is -3.37. The zero-order chi connectivity index (χ0) is 24.5. The van der Waals surface area contributed by atoms with Gasteiger partial charge in [0, 0.05) is 16.5 Å². The maximum atomic E-state index is 14.3. The lowest BCUT2D eigenvalue weighted by molar-refractivity contribution is 0.631. The summed E-state index contributed by atoms with van der Waals surface area (Å²) >= 11 is 0. The Morgan fingerprint density at radius 3 is 1.86 bits per heavy atom. The topological polar surface area (TPSA) is 0 Å². The van der Waals surface area contributed by atoms with Crippen LogP contribution in [0.5, 0.6) is 0 Å². The van der Waals surface area contributed by atoms with E-state index in [4.69, 9.17) is 0 Å². The summed E-state index contributed by atoms with van der Waals surface area (Å²) < 4.78 is 14.3. The minimum Gasteiger partial charge on any atom is -0.206 e. The molecule has 0 saturated heterocycles. The predicted molar refractivity (Wildman–Crippen MR) is 147 cm³/mol. The Bertz CT molecular complexity index is 1300. The van der Waals surface area contributed by atoms with Gasteiger partial charge in [0.25, 0.3) is 0 Å². The molecule has 0 atom stereocenters. The molecule has 0 nitrogen and oxygen atoms in total. The smallest absolute Gasteiger partial charge is 0.133 e. The fourth-order valence-corrected chi connectivity index (χ4v) is 4.47. The van der Waals surface area contributed by atoms with Crippen LogP contribution in [-0.4, -0.2) is 0 Å². The average molecular weight is 463 g/mol. The molecule has 35 heavy (non-hydrogen) atoms. The Morgan fingerprint density at radius 1 is 0.600 bits per heavy atom. The molecule has 0 bridgehead atoms. The second kappa shape index (κ2) is 12.4. The highest BCUT2D eigenvalue weighted by molar-refractivity contribution is 5.85. The van der Waals surface area contributed by atoms with Crippen molar-refractivity contribution in [2.45, 2.75) is 65.2 Å². The van der Waals surface area contributed by atoms with Gasteiger partial charge in [-0.1, -0.05) is 99.0 Å². The molecule has 0 aliphatic carbocycles. The van der Waals surface area contributed by atoms with Gasteiger partial charge < -0.3 is 0 Å². The molecule has 0 heterocycles. The SMILES string of the molecule is CCCCCCCc1ccc(CCc2ccc(C#Cc3ccc4c(F)c(C)ccc4c3)cc2)cc1. The molecular weight excluding hydrogens is 427 g/mol. The van der Waals surface area contributed by atoms with Gasteiger partial charge in [0.15, 0.2) is 0 Å². The van der Waals surface area contributed by atoms with Gasteiger partial charge in [-0.3, -0.25) is 0 Å². The van der Waals surface area contributed by atoms with E-state index in [0.29, 0.717) is 10.9 Å². The van der Waals surface area contributed by atoms with Crippen molar-refractivity contribution in [3.63, 3.8) is 0 Å². The van der Waals surface area contributed by atoms with Crippen molar-refractivity contribution >= 4 is 10.8 Å². The van der Waals surface area contributed by atoms with Gasteiger partial charge >= 0.3 is 0 Å². The number of hydrogen-bond donors (Lipinski definition) is 0. The molecule has 4 rings (SSSR count). The second-order valence-corrected chi connectivity index (χ2v) is 9.56. The highest BCUT2D eigenvalue weighted by Gasteiger charge is 2.04. The molecule has 0 aliphatic rings. The van der Waals surface area contributed by atoms with E-state index in [9.17, 15) is 4.39 Å². The molecular formula is C34H35F. The van der Waals surface area contributed by atoms with Crippen molar-refractivity contribution in [3.8, 4) is 11.8 Å². The molecule has 0 aliphatic heterocycles. The summed E-state index contributed by atoms with van der Waals surface area (Å²) in [4.78, 5) is 0. The van der Waals surface area contributed by atoms with Crippen LogP contribution in [0.15, 0.2) is 78.9 Å². The largest absolute Gasteiger partial charge is 0.206 e. The molecule has 0 saturated carbocycles. The lowest BCUT2D eigenvalue weighted by Crippen LogP contribution is -1.93. The van der Waals surface area contributed by atoms with Gasteiger partial charge in [0.2, 0.25) is 0 Å². The lowest BCUT2D eigenvalue weighted by Gasteiger charge is -2.05. The van der Waals surface area contributed by atoms with Crippen LogP contribution < -0.4 is 0 Å². The van der Waals surface area contributed by atoms with Crippen molar-refractivity contribution in [3.05, 3.63) is 118 Å². The van der Waals surface area contributed by atoms with Crippen LogP contribution in [0.1, 0.15) is 72.4 Å². The van der Waals surface area contributed by atoms with E-state index in [0.717, 1.165) is 29.4 Å². The molecule has 4 aromatic carbocycles. The van der Waals surface area contributed by atoms with E-state index in [1.807, 2.05) is 30.3 Å². The second-order valence-electron chi connectivity index (χ2n) is 9.56. The third-order valence-electron chi connectivity index (χ3n) is 6.75. The van der Waals surface area contributed by atoms with Crippen LogP contribution in [-0.2, 0) is 19.3 Å². The maximum absolute atomic E-state index is 14.3. The summed E-state index contributed by atoms with van der Waals surface area (Å²) in [5.41, 5.74) is 6.74.